The van der Waals surface area contributed by atoms with Gasteiger partial charge in [0.2, 0.25) is 0 Å². The van der Waals surface area contributed by atoms with Gasteiger partial charge >= 0.3 is 0 Å². The zero-order valence-electron chi connectivity index (χ0n) is 16.2. The summed E-state index contributed by atoms with van der Waals surface area (Å²) in [6.45, 7) is 9.32. The predicted octanol–water partition coefficient (Wildman–Crippen LogP) is 5.31. The number of hydrogen-bond donors (Lipinski definition) is 2. The number of nitrogens with two attached hydrogens (primary N) is 2. The molecule has 0 spiro atoms. The van der Waals surface area contributed by atoms with Gasteiger partial charge in [0.25, 0.3) is 0 Å². The van der Waals surface area contributed by atoms with Gasteiger partial charge in [0.15, 0.2) is 0 Å². The van der Waals surface area contributed by atoms with Gasteiger partial charge in [-0.2, -0.15) is 0 Å². The van der Waals surface area contributed by atoms with Crippen molar-refractivity contribution in [3.63, 3.8) is 0 Å². The number of rotatable bonds is 6. The molecular weight excluding hydrogens is 280 g/mol. The van der Waals surface area contributed by atoms with Crippen molar-refractivity contribution in [2.45, 2.75) is 97.6 Å². The van der Waals surface area contributed by atoms with Crippen molar-refractivity contribution in [3.8, 4) is 0 Å². The predicted molar refractivity (Wildman–Crippen MR) is 101 cm³/mol. The van der Waals surface area contributed by atoms with Crippen LogP contribution in [0.1, 0.15) is 91.9 Å². The summed E-state index contributed by atoms with van der Waals surface area (Å²) in [5.74, 6) is 4.81. The van der Waals surface area contributed by atoms with E-state index in [0.29, 0.717) is 11.8 Å². The lowest BCUT2D eigenvalue weighted by atomic mass is 9.62. The van der Waals surface area contributed by atoms with Gasteiger partial charge in [-0.3, -0.25) is 0 Å². The van der Waals surface area contributed by atoms with E-state index in [0.717, 1.165) is 36.5 Å². The zero-order chi connectivity index (χ0) is 17.0. The Hall–Kier alpha value is -0.0800. The third-order valence-corrected chi connectivity index (χ3v) is 7.46. The molecule has 2 saturated carbocycles. The highest BCUT2D eigenvalue weighted by Crippen LogP contribution is 2.46. The van der Waals surface area contributed by atoms with Crippen LogP contribution < -0.4 is 11.5 Å². The average Bonchev–Trinajstić information content (AvgIpc) is 2.55. The van der Waals surface area contributed by atoms with Gasteiger partial charge in [0, 0.05) is 0 Å². The average molecular weight is 323 g/mol. The molecule has 0 amide bonds. The fourth-order valence-electron chi connectivity index (χ4n) is 5.91. The van der Waals surface area contributed by atoms with Crippen molar-refractivity contribution in [2.75, 3.05) is 0 Å². The molecular formula is C21H42N2. The molecule has 0 radical (unpaired) electrons. The van der Waals surface area contributed by atoms with Crippen molar-refractivity contribution in [1.29, 1.82) is 0 Å². The van der Waals surface area contributed by atoms with Crippen molar-refractivity contribution < 1.29 is 0 Å². The first-order valence-electron chi connectivity index (χ1n) is 10.5. The van der Waals surface area contributed by atoms with Crippen LogP contribution in [0.2, 0.25) is 0 Å². The molecule has 136 valence electrons. The molecule has 2 aliphatic carbocycles. The van der Waals surface area contributed by atoms with Crippen LogP contribution >= 0.6 is 0 Å². The van der Waals surface area contributed by atoms with E-state index >= 15 is 0 Å². The fourth-order valence-corrected chi connectivity index (χ4v) is 5.91. The summed E-state index contributed by atoms with van der Waals surface area (Å²) in [7, 11) is 0. The fraction of sp³-hybridized carbons (Fsp3) is 1.00. The Morgan fingerprint density at radius 2 is 1.00 bits per heavy atom. The Bertz CT molecular complexity index is 324. The molecule has 0 aliphatic heterocycles. The van der Waals surface area contributed by atoms with E-state index < -0.39 is 5.66 Å². The van der Waals surface area contributed by atoms with Crippen LogP contribution in [0.25, 0.3) is 0 Å². The molecule has 0 aromatic carbocycles. The summed E-state index contributed by atoms with van der Waals surface area (Å²) in [6, 6.07) is 0. The van der Waals surface area contributed by atoms with E-state index in [9.17, 15) is 0 Å². The summed E-state index contributed by atoms with van der Waals surface area (Å²) < 4.78 is 0. The van der Waals surface area contributed by atoms with E-state index in [1.165, 1.54) is 51.4 Å². The molecule has 4 unspecified atom stereocenters. The van der Waals surface area contributed by atoms with Crippen LogP contribution in [0.4, 0.5) is 0 Å². The zero-order valence-corrected chi connectivity index (χ0v) is 16.2. The summed E-state index contributed by atoms with van der Waals surface area (Å²) >= 11 is 0. The Balaban J connectivity index is 1.99. The third kappa shape index (κ3) is 4.51. The van der Waals surface area contributed by atoms with Crippen LogP contribution in [-0.4, -0.2) is 5.66 Å². The van der Waals surface area contributed by atoms with Crippen molar-refractivity contribution in [1.82, 2.24) is 0 Å². The largest absolute Gasteiger partial charge is 0.313 e. The van der Waals surface area contributed by atoms with Gasteiger partial charge in [-0.1, -0.05) is 53.4 Å². The molecule has 4 N–H and O–H groups in total. The lowest BCUT2D eigenvalue weighted by Crippen LogP contribution is -2.63. The molecule has 0 saturated heterocycles. The standard InChI is InChI=1S/C21H42N2/c1-5-15-9-16(6-2)11-17(10-15)12-18-13-19(7-3)21(22,23)20(8-4)14-18/h15-20H,5-14,22-23H2,1-4H3. The molecule has 0 heterocycles. The van der Waals surface area contributed by atoms with Crippen molar-refractivity contribution in [2.24, 2.45) is 47.0 Å². The van der Waals surface area contributed by atoms with Crippen LogP contribution in [0.15, 0.2) is 0 Å². The smallest absolute Gasteiger partial charge is 0.0694 e. The van der Waals surface area contributed by atoms with E-state index in [4.69, 9.17) is 11.5 Å². The van der Waals surface area contributed by atoms with E-state index in [1.807, 2.05) is 0 Å². The van der Waals surface area contributed by atoms with E-state index in [-0.39, 0.29) is 0 Å². The van der Waals surface area contributed by atoms with Gasteiger partial charge in [0.1, 0.15) is 0 Å². The first-order valence-corrected chi connectivity index (χ1v) is 10.5. The molecule has 0 aromatic heterocycles. The minimum Gasteiger partial charge on any atom is -0.313 e. The first kappa shape index (κ1) is 19.2. The van der Waals surface area contributed by atoms with Gasteiger partial charge in [0.05, 0.1) is 5.66 Å². The van der Waals surface area contributed by atoms with Crippen LogP contribution in [0.5, 0.6) is 0 Å². The van der Waals surface area contributed by atoms with Crippen molar-refractivity contribution in [3.05, 3.63) is 0 Å². The van der Waals surface area contributed by atoms with Gasteiger partial charge in [-0.15, -0.1) is 0 Å². The minimum atomic E-state index is -0.426. The molecule has 4 atom stereocenters. The maximum Gasteiger partial charge on any atom is 0.0694 e. The quantitative estimate of drug-likeness (QED) is 0.651. The molecule has 2 aliphatic rings. The highest BCUT2D eigenvalue weighted by Gasteiger charge is 2.43. The lowest BCUT2D eigenvalue weighted by Gasteiger charge is -2.48. The SMILES string of the molecule is CCC1CC(CC)CC(CC2CC(CC)C(N)(N)C(CC)C2)C1. The number of hydrogen-bond acceptors (Lipinski definition) is 2. The van der Waals surface area contributed by atoms with Crippen molar-refractivity contribution >= 4 is 0 Å². The molecule has 0 aromatic rings. The molecule has 23 heavy (non-hydrogen) atoms. The monoisotopic (exact) mass is 322 g/mol. The Morgan fingerprint density at radius 1 is 0.609 bits per heavy atom. The highest BCUT2D eigenvalue weighted by atomic mass is 15.0. The maximum atomic E-state index is 6.55. The first-order chi connectivity index (χ1) is 10.9. The summed E-state index contributed by atoms with van der Waals surface area (Å²) in [5.41, 5.74) is 12.7. The Labute approximate surface area is 145 Å². The van der Waals surface area contributed by atoms with Crippen LogP contribution in [-0.2, 0) is 0 Å². The highest BCUT2D eigenvalue weighted by molar-refractivity contribution is 4.97. The van der Waals surface area contributed by atoms with Gasteiger partial charge < -0.3 is 11.5 Å². The Kier molecular flexibility index (Phi) is 6.98. The normalized spacial score (nSPS) is 41.0. The maximum absolute atomic E-state index is 6.55. The van der Waals surface area contributed by atoms with Gasteiger partial charge in [-0.05, 0) is 74.0 Å². The Morgan fingerprint density at radius 3 is 1.39 bits per heavy atom. The topological polar surface area (TPSA) is 52.0 Å². The molecule has 2 fully saturated rings. The minimum absolute atomic E-state index is 0.426. The molecule has 2 nitrogen and oxygen atoms in total. The molecule has 2 heteroatoms. The van der Waals surface area contributed by atoms with E-state index in [2.05, 4.69) is 27.7 Å². The third-order valence-electron chi connectivity index (χ3n) is 7.46. The molecule has 0 bridgehead atoms. The van der Waals surface area contributed by atoms with Crippen LogP contribution in [0, 0.1) is 35.5 Å². The van der Waals surface area contributed by atoms with Crippen LogP contribution in [0.3, 0.4) is 0 Å². The summed E-state index contributed by atoms with van der Waals surface area (Å²) in [5, 5.41) is 0. The molecule has 2 rings (SSSR count). The van der Waals surface area contributed by atoms with Gasteiger partial charge in [-0.25, -0.2) is 0 Å². The lowest BCUT2D eigenvalue weighted by molar-refractivity contribution is 0.0503. The summed E-state index contributed by atoms with van der Waals surface area (Å²) in [4.78, 5) is 0. The van der Waals surface area contributed by atoms with E-state index in [1.54, 1.807) is 0 Å². The second kappa shape index (κ2) is 8.34. The summed E-state index contributed by atoms with van der Waals surface area (Å²) in [6.07, 6.45) is 13.5. The second-order valence-corrected chi connectivity index (χ2v) is 8.91. The second-order valence-electron chi connectivity index (χ2n) is 8.91.